The van der Waals surface area contributed by atoms with Gasteiger partial charge in [-0.25, -0.2) is 0 Å². The van der Waals surface area contributed by atoms with Crippen LogP contribution in [0.3, 0.4) is 0 Å². The van der Waals surface area contributed by atoms with Gasteiger partial charge in [-0.05, 0) is 17.5 Å². The molecule has 0 aliphatic carbocycles. The van der Waals surface area contributed by atoms with Crippen molar-refractivity contribution in [3.63, 3.8) is 0 Å². The summed E-state index contributed by atoms with van der Waals surface area (Å²) in [6.45, 7) is 4.11. The van der Waals surface area contributed by atoms with E-state index in [1.165, 1.54) is 0 Å². The lowest BCUT2D eigenvalue weighted by Crippen LogP contribution is -2.01. The summed E-state index contributed by atoms with van der Waals surface area (Å²) in [5.41, 5.74) is 1.74. The summed E-state index contributed by atoms with van der Waals surface area (Å²) in [4.78, 5) is 14.5. The average Bonchev–Trinajstić information content (AvgIpc) is 2.04. The molecule has 0 aliphatic rings. The van der Waals surface area contributed by atoms with Crippen LogP contribution in [0.2, 0.25) is 0 Å². The molecule has 0 unspecified atom stereocenters. The number of aliphatic carboxylic acids is 1. The van der Waals surface area contributed by atoms with Crippen molar-refractivity contribution in [2.24, 2.45) is 0 Å². The van der Waals surface area contributed by atoms with Gasteiger partial charge in [0.25, 0.3) is 0 Å². The van der Waals surface area contributed by atoms with E-state index in [0.717, 1.165) is 11.3 Å². The number of hydrogen-bond donors (Lipinski definition) is 1. The normalized spacial score (nSPS) is 10.4. The van der Waals surface area contributed by atoms with E-state index in [1.54, 1.807) is 6.20 Å². The van der Waals surface area contributed by atoms with E-state index in [4.69, 9.17) is 5.11 Å². The van der Waals surface area contributed by atoms with Gasteiger partial charge in [0, 0.05) is 11.9 Å². The van der Waals surface area contributed by atoms with Gasteiger partial charge in [0.2, 0.25) is 0 Å². The first-order chi connectivity index (χ1) is 6.09. The van der Waals surface area contributed by atoms with Crippen molar-refractivity contribution in [1.29, 1.82) is 0 Å². The first-order valence-corrected chi connectivity index (χ1v) is 4.26. The Kier molecular flexibility index (Phi) is 3.01. The summed E-state index contributed by atoms with van der Waals surface area (Å²) < 4.78 is 0. The molecule has 0 aromatic carbocycles. The van der Waals surface area contributed by atoms with Gasteiger partial charge in [-0.1, -0.05) is 19.9 Å². The lowest BCUT2D eigenvalue weighted by Gasteiger charge is -2.03. The highest BCUT2D eigenvalue weighted by molar-refractivity contribution is 5.69. The third-order valence-electron chi connectivity index (χ3n) is 1.79. The van der Waals surface area contributed by atoms with Gasteiger partial charge in [0.05, 0.1) is 6.42 Å². The monoisotopic (exact) mass is 179 g/mol. The fourth-order valence-corrected chi connectivity index (χ4v) is 1.06. The Morgan fingerprint density at radius 2 is 2.23 bits per heavy atom. The molecule has 1 aromatic rings. The number of hydrogen-bond acceptors (Lipinski definition) is 2. The van der Waals surface area contributed by atoms with Gasteiger partial charge >= 0.3 is 5.97 Å². The van der Waals surface area contributed by atoms with Crippen molar-refractivity contribution in [3.05, 3.63) is 29.6 Å². The molecule has 3 nitrogen and oxygen atoms in total. The van der Waals surface area contributed by atoms with Crippen molar-refractivity contribution in [2.45, 2.75) is 26.2 Å². The first kappa shape index (κ1) is 9.71. The van der Waals surface area contributed by atoms with E-state index in [2.05, 4.69) is 18.8 Å². The molecule has 0 saturated carbocycles. The zero-order valence-corrected chi connectivity index (χ0v) is 7.82. The maximum atomic E-state index is 10.4. The number of pyridine rings is 1. The topological polar surface area (TPSA) is 50.2 Å². The SMILES string of the molecule is CC(C)c1ccc(CC(=O)O)cn1. The van der Waals surface area contributed by atoms with E-state index < -0.39 is 5.97 Å². The summed E-state index contributed by atoms with van der Waals surface area (Å²) in [6.07, 6.45) is 1.68. The minimum Gasteiger partial charge on any atom is -0.481 e. The summed E-state index contributed by atoms with van der Waals surface area (Å²) in [5.74, 6) is -0.432. The molecule has 1 N–H and O–H groups in total. The van der Waals surface area contributed by atoms with Crippen LogP contribution in [0.5, 0.6) is 0 Å². The van der Waals surface area contributed by atoms with Gasteiger partial charge in [0.1, 0.15) is 0 Å². The fraction of sp³-hybridized carbons (Fsp3) is 0.400. The number of aromatic nitrogens is 1. The maximum absolute atomic E-state index is 10.4. The largest absolute Gasteiger partial charge is 0.481 e. The van der Waals surface area contributed by atoms with Gasteiger partial charge in [-0.15, -0.1) is 0 Å². The summed E-state index contributed by atoms with van der Waals surface area (Å²) in [7, 11) is 0. The second-order valence-electron chi connectivity index (χ2n) is 3.32. The van der Waals surface area contributed by atoms with E-state index in [0.29, 0.717) is 5.92 Å². The summed E-state index contributed by atoms with van der Waals surface area (Å²) in [6, 6.07) is 3.69. The molecule has 1 aromatic heterocycles. The van der Waals surface area contributed by atoms with Crippen LogP contribution in [0.1, 0.15) is 31.0 Å². The van der Waals surface area contributed by atoms with Crippen LogP contribution in [0.4, 0.5) is 0 Å². The Hall–Kier alpha value is -1.38. The van der Waals surface area contributed by atoms with Gasteiger partial charge in [-0.3, -0.25) is 9.78 Å². The van der Waals surface area contributed by atoms with Crippen LogP contribution < -0.4 is 0 Å². The smallest absolute Gasteiger partial charge is 0.307 e. The lowest BCUT2D eigenvalue weighted by atomic mass is 10.1. The van der Waals surface area contributed by atoms with Gasteiger partial charge in [0.15, 0.2) is 0 Å². The Morgan fingerprint density at radius 1 is 1.54 bits per heavy atom. The minimum absolute atomic E-state index is 0.0470. The van der Waals surface area contributed by atoms with Crippen molar-refractivity contribution in [2.75, 3.05) is 0 Å². The van der Waals surface area contributed by atoms with E-state index >= 15 is 0 Å². The molecule has 0 spiro atoms. The first-order valence-electron chi connectivity index (χ1n) is 4.26. The van der Waals surface area contributed by atoms with E-state index in [1.807, 2.05) is 12.1 Å². The molecular weight excluding hydrogens is 166 g/mol. The molecule has 0 atom stereocenters. The molecular formula is C10H13NO2. The summed E-state index contributed by atoms with van der Waals surface area (Å²) in [5, 5.41) is 8.52. The maximum Gasteiger partial charge on any atom is 0.307 e. The highest BCUT2D eigenvalue weighted by Gasteiger charge is 2.03. The van der Waals surface area contributed by atoms with Crippen molar-refractivity contribution < 1.29 is 9.90 Å². The van der Waals surface area contributed by atoms with Crippen molar-refractivity contribution in [3.8, 4) is 0 Å². The minimum atomic E-state index is -0.820. The zero-order valence-electron chi connectivity index (χ0n) is 7.82. The predicted molar refractivity (Wildman–Crippen MR) is 49.7 cm³/mol. The van der Waals surface area contributed by atoms with Crippen molar-refractivity contribution >= 4 is 5.97 Å². The predicted octanol–water partition coefficient (Wildman–Crippen LogP) is 1.83. The number of carboxylic acid groups (broad SMARTS) is 1. The quantitative estimate of drug-likeness (QED) is 0.770. The fourth-order valence-electron chi connectivity index (χ4n) is 1.06. The second-order valence-corrected chi connectivity index (χ2v) is 3.32. The lowest BCUT2D eigenvalue weighted by molar-refractivity contribution is -0.136. The molecule has 0 amide bonds. The van der Waals surface area contributed by atoms with Crippen LogP contribution in [-0.2, 0) is 11.2 Å². The van der Waals surface area contributed by atoms with Crippen LogP contribution in [0.15, 0.2) is 18.3 Å². The van der Waals surface area contributed by atoms with Crippen LogP contribution in [0.25, 0.3) is 0 Å². The highest BCUT2D eigenvalue weighted by atomic mass is 16.4. The number of carbonyl (C=O) groups is 1. The molecule has 3 heteroatoms. The molecule has 1 heterocycles. The van der Waals surface area contributed by atoms with Crippen LogP contribution >= 0.6 is 0 Å². The molecule has 1 rings (SSSR count). The average molecular weight is 179 g/mol. The molecule has 70 valence electrons. The molecule has 0 bridgehead atoms. The van der Waals surface area contributed by atoms with Gasteiger partial charge in [-0.2, -0.15) is 0 Å². The standard InChI is InChI=1S/C10H13NO2/c1-7(2)9-4-3-8(6-11-9)5-10(12)13/h3-4,6-7H,5H2,1-2H3,(H,12,13). The van der Waals surface area contributed by atoms with Crippen LogP contribution in [0, 0.1) is 0 Å². The number of nitrogens with zero attached hydrogens (tertiary/aromatic N) is 1. The van der Waals surface area contributed by atoms with Gasteiger partial charge < -0.3 is 5.11 Å². The van der Waals surface area contributed by atoms with Crippen molar-refractivity contribution in [1.82, 2.24) is 4.98 Å². The number of carboxylic acids is 1. The molecule has 0 radical (unpaired) electrons. The third-order valence-corrected chi connectivity index (χ3v) is 1.79. The Labute approximate surface area is 77.4 Å². The molecule has 13 heavy (non-hydrogen) atoms. The summed E-state index contributed by atoms with van der Waals surface area (Å²) >= 11 is 0. The van der Waals surface area contributed by atoms with E-state index in [-0.39, 0.29) is 6.42 Å². The Morgan fingerprint density at radius 3 is 2.62 bits per heavy atom. The Balaban J connectivity index is 2.75. The molecule has 0 aliphatic heterocycles. The zero-order chi connectivity index (χ0) is 9.84. The second kappa shape index (κ2) is 4.03. The number of rotatable bonds is 3. The molecule has 0 fully saturated rings. The third kappa shape index (κ3) is 2.86. The molecule has 0 saturated heterocycles. The van der Waals surface area contributed by atoms with E-state index in [9.17, 15) is 4.79 Å². The highest BCUT2D eigenvalue weighted by Crippen LogP contribution is 2.11. The van der Waals surface area contributed by atoms with Crippen LogP contribution in [-0.4, -0.2) is 16.1 Å². The Bertz CT molecular complexity index is 290.